The summed E-state index contributed by atoms with van der Waals surface area (Å²) in [7, 11) is 0. The number of hydrogen-bond donors (Lipinski definition) is 3. The summed E-state index contributed by atoms with van der Waals surface area (Å²) < 4.78 is 0. The van der Waals surface area contributed by atoms with Crippen LogP contribution in [0, 0.1) is 0 Å². The van der Waals surface area contributed by atoms with Gasteiger partial charge < -0.3 is 16.0 Å². The van der Waals surface area contributed by atoms with Crippen molar-refractivity contribution in [1.29, 1.82) is 0 Å². The lowest BCUT2D eigenvalue weighted by Crippen LogP contribution is -2.40. The van der Waals surface area contributed by atoms with E-state index in [4.69, 9.17) is 0 Å². The highest BCUT2D eigenvalue weighted by Gasteiger charge is 2.03. The van der Waals surface area contributed by atoms with Gasteiger partial charge in [-0.2, -0.15) is 0 Å². The zero-order valence-electron chi connectivity index (χ0n) is 13.5. The van der Waals surface area contributed by atoms with Crippen LogP contribution in [0.25, 0.3) is 0 Å². The molecule has 1 aromatic heterocycles. The molecule has 0 aliphatic carbocycles. The molecule has 0 aromatic carbocycles. The third-order valence-electron chi connectivity index (χ3n) is 2.65. The Labute approximate surface area is 154 Å². The Morgan fingerprint density at radius 2 is 2.14 bits per heavy atom. The van der Waals surface area contributed by atoms with Crippen LogP contribution in [0.1, 0.15) is 32.1 Å². The fraction of sp³-hybridized carbons (Fsp3) is 0.600. The Hall–Kier alpha value is -0.830. The van der Waals surface area contributed by atoms with E-state index in [-0.39, 0.29) is 35.9 Å². The highest BCUT2D eigenvalue weighted by Crippen LogP contribution is 2.08. The van der Waals surface area contributed by atoms with Gasteiger partial charge in [0, 0.05) is 43.4 Å². The number of carbonyl (C=O) groups excluding carboxylic acids is 1. The van der Waals surface area contributed by atoms with Gasteiger partial charge in [-0.25, -0.2) is 0 Å². The van der Waals surface area contributed by atoms with Crippen molar-refractivity contribution < 1.29 is 4.79 Å². The number of thiophene rings is 1. The van der Waals surface area contributed by atoms with Gasteiger partial charge in [0.25, 0.3) is 0 Å². The molecule has 0 spiro atoms. The molecule has 0 aliphatic heterocycles. The van der Waals surface area contributed by atoms with E-state index >= 15 is 0 Å². The van der Waals surface area contributed by atoms with E-state index in [0.29, 0.717) is 13.0 Å². The molecule has 126 valence electrons. The molecule has 0 saturated carbocycles. The topological polar surface area (TPSA) is 65.5 Å². The van der Waals surface area contributed by atoms with Crippen LogP contribution >= 0.6 is 35.3 Å². The first-order valence-electron chi connectivity index (χ1n) is 7.45. The quantitative estimate of drug-likeness (QED) is 0.332. The third-order valence-corrected chi connectivity index (χ3v) is 3.58. The summed E-state index contributed by atoms with van der Waals surface area (Å²) in [5.74, 6) is 0.832. The predicted molar refractivity (Wildman–Crippen MR) is 105 cm³/mol. The largest absolute Gasteiger partial charge is 0.357 e. The molecule has 1 aromatic rings. The minimum atomic E-state index is 0. The van der Waals surface area contributed by atoms with E-state index in [1.807, 2.05) is 20.8 Å². The lowest BCUT2D eigenvalue weighted by Gasteiger charge is -2.12. The van der Waals surface area contributed by atoms with Gasteiger partial charge in [0.15, 0.2) is 5.96 Å². The van der Waals surface area contributed by atoms with E-state index < -0.39 is 0 Å². The molecule has 0 unspecified atom stereocenters. The molecule has 3 N–H and O–H groups in total. The monoisotopic (exact) mass is 438 g/mol. The van der Waals surface area contributed by atoms with Crippen molar-refractivity contribution in [2.45, 2.75) is 39.7 Å². The average molecular weight is 438 g/mol. The van der Waals surface area contributed by atoms with Crippen LogP contribution in [0.2, 0.25) is 0 Å². The maximum Gasteiger partial charge on any atom is 0.221 e. The average Bonchev–Trinajstić information content (AvgIpc) is 2.91. The van der Waals surface area contributed by atoms with Crippen molar-refractivity contribution in [3.63, 3.8) is 0 Å². The summed E-state index contributed by atoms with van der Waals surface area (Å²) in [6, 6.07) is 4.36. The van der Waals surface area contributed by atoms with E-state index in [9.17, 15) is 4.79 Å². The Balaban J connectivity index is 0.00000441. The fourth-order valence-electron chi connectivity index (χ4n) is 1.76. The second-order valence-corrected chi connectivity index (χ2v) is 6.02. The molecule has 1 heterocycles. The van der Waals surface area contributed by atoms with Crippen molar-refractivity contribution >= 4 is 47.2 Å². The first kappa shape index (κ1) is 21.2. The van der Waals surface area contributed by atoms with Gasteiger partial charge in [-0.3, -0.25) is 9.79 Å². The maximum absolute atomic E-state index is 11.6. The van der Waals surface area contributed by atoms with Gasteiger partial charge in [-0.15, -0.1) is 35.3 Å². The van der Waals surface area contributed by atoms with Gasteiger partial charge in [-0.1, -0.05) is 6.07 Å². The third kappa shape index (κ3) is 9.99. The summed E-state index contributed by atoms with van der Waals surface area (Å²) in [5.41, 5.74) is 0. The number of rotatable bonds is 8. The lowest BCUT2D eigenvalue weighted by molar-refractivity contribution is -0.121. The number of carbonyl (C=O) groups is 1. The molecule has 0 radical (unpaired) electrons. The first-order valence-corrected chi connectivity index (χ1v) is 8.33. The predicted octanol–water partition coefficient (Wildman–Crippen LogP) is 2.38. The highest BCUT2D eigenvalue weighted by atomic mass is 127. The van der Waals surface area contributed by atoms with Crippen molar-refractivity contribution in [3.05, 3.63) is 22.4 Å². The van der Waals surface area contributed by atoms with Crippen LogP contribution in [0.4, 0.5) is 0 Å². The molecule has 1 amide bonds. The van der Waals surface area contributed by atoms with Gasteiger partial charge in [0.2, 0.25) is 5.91 Å². The zero-order chi connectivity index (χ0) is 15.5. The first-order chi connectivity index (χ1) is 10.1. The molecule has 0 saturated heterocycles. The van der Waals surface area contributed by atoms with Gasteiger partial charge in [0.1, 0.15) is 0 Å². The number of hydrogen-bond acceptors (Lipinski definition) is 3. The highest BCUT2D eigenvalue weighted by molar-refractivity contribution is 14.0. The fourth-order valence-corrected chi connectivity index (χ4v) is 2.46. The van der Waals surface area contributed by atoms with Crippen molar-refractivity contribution in [1.82, 2.24) is 16.0 Å². The standard InChI is InChI=1S/C15H26N4OS.HI/c1-4-16-15(17-9-7-13-6-5-11-21-13)18-10-8-14(20)19-12(2)3;/h5-6,11-12H,4,7-10H2,1-3H3,(H,19,20)(H2,16,17,18);1H. The number of guanidine groups is 1. The molecule has 0 fully saturated rings. The van der Waals surface area contributed by atoms with Gasteiger partial charge in [-0.05, 0) is 32.2 Å². The summed E-state index contributed by atoms with van der Waals surface area (Å²) in [6.07, 6.45) is 1.40. The van der Waals surface area contributed by atoms with Crippen LogP contribution in [0.15, 0.2) is 22.5 Å². The van der Waals surface area contributed by atoms with Crippen LogP contribution in [0.5, 0.6) is 0 Å². The SMILES string of the molecule is CCNC(=NCCc1cccs1)NCCC(=O)NC(C)C.I. The minimum absolute atomic E-state index is 0. The minimum Gasteiger partial charge on any atom is -0.357 e. The molecule has 0 aliphatic rings. The van der Waals surface area contributed by atoms with Gasteiger partial charge >= 0.3 is 0 Å². The zero-order valence-corrected chi connectivity index (χ0v) is 16.7. The smallest absolute Gasteiger partial charge is 0.221 e. The normalized spacial score (nSPS) is 11.0. The molecule has 1 rings (SSSR count). The summed E-state index contributed by atoms with van der Waals surface area (Å²) in [4.78, 5) is 17.4. The number of nitrogens with one attached hydrogen (secondary N) is 3. The molecular weight excluding hydrogens is 411 g/mol. The van der Waals surface area contributed by atoms with E-state index in [1.165, 1.54) is 4.88 Å². The second-order valence-electron chi connectivity index (χ2n) is 4.99. The number of amides is 1. The summed E-state index contributed by atoms with van der Waals surface area (Å²) in [6.45, 7) is 8.09. The number of aliphatic imine (C=N–C) groups is 1. The molecule has 5 nitrogen and oxygen atoms in total. The molecule has 7 heteroatoms. The molecule has 0 bridgehead atoms. The summed E-state index contributed by atoms with van der Waals surface area (Å²) in [5, 5.41) is 11.3. The van der Waals surface area contributed by atoms with Crippen molar-refractivity contribution in [2.75, 3.05) is 19.6 Å². The van der Waals surface area contributed by atoms with E-state index in [2.05, 4.69) is 38.5 Å². The van der Waals surface area contributed by atoms with E-state index in [0.717, 1.165) is 25.5 Å². The van der Waals surface area contributed by atoms with Crippen LogP contribution < -0.4 is 16.0 Å². The van der Waals surface area contributed by atoms with Crippen LogP contribution in [0.3, 0.4) is 0 Å². The number of halogens is 1. The molecule has 0 atom stereocenters. The number of nitrogens with zero attached hydrogens (tertiary/aromatic N) is 1. The van der Waals surface area contributed by atoms with Gasteiger partial charge in [0.05, 0.1) is 0 Å². The Morgan fingerprint density at radius 3 is 2.73 bits per heavy atom. The second kappa shape index (κ2) is 12.7. The van der Waals surface area contributed by atoms with Crippen molar-refractivity contribution in [3.8, 4) is 0 Å². The lowest BCUT2D eigenvalue weighted by atomic mass is 10.3. The van der Waals surface area contributed by atoms with E-state index in [1.54, 1.807) is 11.3 Å². The maximum atomic E-state index is 11.6. The molecular formula is C15H27IN4OS. The Kier molecular flexibility index (Phi) is 12.2. The Morgan fingerprint density at radius 1 is 1.36 bits per heavy atom. The van der Waals surface area contributed by atoms with Crippen LogP contribution in [-0.4, -0.2) is 37.5 Å². The molecule has 22 heavy (non-hydrogen) atoms. The van der Waals surface area contributed by atoms with Crippen LogP contribution in [-0.2, 0) is 11.2 Å². The Bertz CT molecular complexity index is 435. The van der Waals surface area contributed by atoms with Crippen molar-refractivity contribution in [2.24, 2.45) is 4.99 Å². The summed E-state index contributed by atoms with van der Waals surface area (Å²) >= 11 is 1.75.